The molecule has 6 rings (SSSR count). The number of ether oxygens (including phenoxy) is 1. The van der Waals surface area contributed by atoms with E-state index < -0.39 is 18.0 Å². The Morgan fingerprint density at radius 3 is 2.36 bits per heavy atom. The van der Waals surface area contributed by atoms with Gasteiger partial charge in [-0.05, 0) is 43.0 Å². The number of hydrogen-bond acceptors (Lipinski definition) is 8. The molecule has 3 aliphatic rings. The first kappa shape index (κ1) is 30.4. The predicted molar refractivity (Wildman–Crippen MR) is 167 cm³/mol. The van der Waals surface area contributed by atoms with E-state index in [4.69, 9.17) is 4.74 Å². The van der Waals surface area contributed by atoms with Crippen molar-refractivity contribution in [2.24, 2.45) is 7.05 Å². The molecule has 3 aromatic rings. The van der Waals surface area contributed by atoms with Gasteiger partial charge in [-0.15, -0.1) is 0 Å². The minimum Gasteiger partial charge on any atom is -0.445 e. The van der Waals surface area contributed by atoms with Crippen LogP contribution in [0.25, 0.3) is 11.0 Å². The maximum atomic E-state index is 13.1. The molecule has 4 amide bonds. The third-order valence-corrected chi connectivity index (χ3v) is 9.07. The molecule has 2 aromatic carbocycles. The van der Waals surface area contributed by atoms with E-state index in [-0.39, 0.29) is 36.6 Å². The molecule has 45 heavy (non-hydrogen) atoms. The zero-order valence-electron chi connectivity index (χ0n) is 25.4. The Bertz CT molecular complexity index is 1630. The molecule has 3 aliphatic heterocycles. The Morgan fingerprint density at radius 2 is 1.64 bits per heavy atom. The number of nitrogens with one attached hydrogen (secondary N) is 2. The maximum absolute atomic E-state index is 13.1. The highest BCUT2D eigenvalue weighted by Crippen LogP contribution is 2.27. The summed E-state index contributed by atoms with van der Waals surface area (Å²) in [7, 11) is 1.68. The maximum Gasteiger partial charge on any atom is 0.407 e. The number of imide groups is 1. The van der Waals surface area contributed by atoms with Gasteiger partial charge in [0.05, 0.1) is 17.6 Å². The fourth-order valence-corrected chi connectivity index (χ4v) is 6.45. The van der Waals surface area contributed by atoms with Crippen molar-refractivity contribution in [3.63, 3.8) is 0 Å². The third kappa shape index (κ3) is 6.72. The van der Waals surface area contributed by atoms with E-state index in [2.05, 4.69) is 20.4 Å². The first-order valence-electron chi connectivity index (χ1n) is 15.5. The molecular formula is C32H39N7O6. The lowest BCUT2D eigenvalue weighted by atomic mass is 10.1. The molecule has 4 heterocycles. The third-order valence-electron chi connectivity index (χ3n) is 9.07. The average Bonchev–Trinajstić information content (AvgIpc) is 3.30. The Kier molecular flexibility index (Phi) is 8.87. The molecule has 3 saturated heterocycles. The number of piperazine rings is 1. The number of nitrogens with zero attached hydrogens (tertiary/aromatic N) is 5. The number of fused-ring (bicyclic) bond motifs is 1. The molecule has 0 bridgehead atoms. The fourth-order valence-electron chi connectivity index (χ4n) is 6.45. The Morgan fingerprint density at radius 1 is 0.911 bits per heavy atom. The molecule has 1 atom stereocenters. The van der Waals surface area contributed by atoms with Crippen LogP contribution in [0.2, 0.25) is 0 Å². The minimum atomic E-state index is -0.720. The summed E-state index contributed by atoms with van der Waals surface area (Å²) in [6.45, 7) is 4.56. The molecule has 238 valence electrons. The summed E-state index contributed by atoms with van der Waals surface area (Å²) in [5.41, 5.74) is 2.95. The van der Waals surface area contributed by atoms with E-state index >= 15 is 0 Å². The number of hydrogen-bond donors (Lipinski definition) is 2. The Balaban J connectivity index is 0.973. The van der Waals surface area contributed by atoms with Crippen LogP contribution in [0.5, 0.6) is 0 Å². The van der Waals surface area contributed by atoms with E-state index in [1.165, 1.54) is 9.13 Å². The highest BCUT2D eigenvalue weighted by atomic mass is 16.5. The van der Waals surface area contributed by atoms with Gasteiger partial charge in [-0.25, -0.2) is 9.59 Å². The summed E-state index contributed by atoms with van der Waals surface area (Å²) in [5.74, 6) is -0.672. The molecule has 0 aliphatic carbocycles. The molecule has 13 heteroatoms. The molecule has 2 N–H and O–H groups in total. The summed E-state index contributed by atoms with van der Waals surface area (Å²) in [6, 6.07) is 14.6. The van der Waals surface area contributed by atoms with Gasteiger partial charge in [-0.2, -0.15) is 0 Å². The first-order valence-corrected chi connectivity index (χ1v) is 15.5. The smallest absolute Gasteiger partial charge is 0.407 e. The number of benzene rings is 2. The molecule has 1 aromatic heterocycles. The van der Waals surface area contributed by atoms with E-state index in [1.807, 2.05) is 53.4 Å². The zero-order chi connectivity index (χ0) is 31.5. The van der Waals surface area contributed by atoms with E-state index in [9.17, 15) is 24.0 Å². The number of carbonyl (C=O) groups is 4. The van der Waals surface area contributed by atoms with Crippen LogP contribution in [-0.2, 0) is 32.8 Å². The van der Waals surface area contributed by atoms with Crippen molar-refractivity contribution < 1.29 is 23.9 Å². The lowest BCUT2D eigenvalue weighted by Gasteiger charge is -2.38. The second-order valence-corrected chi connectivity index (χ2v) is 12.0. The predicted octanol–water partition coefficient (Wildman–Crippen LogP) is 1.36. The molecule has 13 nitrogen and oxygen atoms in total. The van der Waals surface area contributed by atoms with E-state index in [0.29, 0.717) is 50.2 Å². The van der Waals surface area contributed by atoms with Crippen LogP contribution in [0.3, 0.4) is 0 Å². The second kappa shape index (κ2) is 13.1. The van der Waals surface area contributed by atoms with Crippen molar-refractivity contribution in [2.75, 3.05) is 50.7 Å². The topological polar surface area (TPSA) is 138 Å². The van der Waals surface area contributed by atoms with Crippen molar-refractivity contribution in [1.82, 2.24) is 29.6 Å². The van der Waals surface area contributed by atoms with Crippen molar-refractivity contribution in [3.8, 4) is 0 Å². The summed E-state index contributed by atoms with van der Waals surface area (Å²) < 4.78 is 8.35. The highest BCUT2D eigenvalue weighted by molar-refractivity contribution is 6.00. The first-order chi connectivity index (χ1) is 21.8. The van der Waals surface area contributed by atoms with Gasteiger partial charge in [0.25, 0.3) is 0 Å². The van der Waals surface area contributed by atoms with Crippen LogP contribution in [0.15, 0.2) is 53.3 Å². The number of carbonyl (C=O) groups excluding carboxylic acids is 4. The van der Waals surface area contributed by atoms with E-state index in [0.717, 1.165) is 37.2 Å². The number of aryl methyl sites for hydroxylation is 1. The lowest BCUT2D eigenvalue weighted by Crippen LogP contribution is -2.52. The molecular weight excluding hydrogens is 578 g/mol. The van der Waals surface area contributed by atoms with Crippen molar-refractivity contribution in [3.05, 3.63) is 64.6 Å². The highest BCUT2D eigenvalue weighted by Gasteiger charge is 2.32. The van der Waals surface area contributed by atoms with Crippen LogP contribution in [-0.4, -0.2) is 94.6 Å². The summed E-state index contributed by atoms with van der Waals surface area (Å²) in [6.07, 6.45) is 1.59. The largest absolute Gasteiger partial charge is 0.445 e. The number of amides is 4. The second-order valence-electron chi connectivity index (χ2n) is 12.0. The van der Waals surface area contributed by atoms with Gasteiger partial charge in [-0.3, -0.25) is 33.7 Å². The molecule has 0 saturated carbocycles. The normalized spacial score (nSPS) is 19.9. The number of alkyl carbamates (subject to hydrolysis) is 1. The monoisotopic (exact) mass is 617 g/mol. The molecule has 3 fully saturated rings. The van der Waals surface area contributed by atoms with Crippen LogP contribution in [0.4, 0.5) is 10.5 Å². The van der Waals surface area contributed by atoms with Crippen molar-refractivity contribution in [2.45, 2.75) is 44.4 Å². The summed E-state index contributed by atoms with van der Waals surface area (Å²) in [4.78, 5) is 68.8. The van der Waals surface area contributed by atoms with Crippen LogP contribution in [0, 0.1) is 0 Å². The average molecular weight is 618 g/mol. The Labute approximate surface area is 260 Å². The molecule has 0 spiro atoms. The number of aromatic nitrogens is 2. The Hall–Kier alpha value is -4.65. The number of piperidine rings is 2. The van der Waals surface area contributed by atoms with Gasteiger partial charge in [0.15, 0.2) is 0 Å². The quantitative estimate of drug-likeness (QED) is 0.379. The fraction of sp³-hybridized carbons (Fsp3) is 0.469. The minimum absolute atomic E-state index is 0.0286. The van der Waals surface area contributed by atoms with Crippen molar-refractivity contribution in [1.29, 1.82) is 0 Å². The number of rotatable bonds is 7. The standard InChI is InChI=1S/C32H39N7O6/c1-35-27-19-24(7-8-25(27)39(32(35)44)26-9-10-28(40)34-30(26)42)37-15-17-38(18-16-37)29(41)20-36-13-11-23(12-14-36)33-31(43)45-21-22-5-3-2-4-6-22/h2-8,19,23,26H,9-18,20-21H2,1H3,(H,33,43)(H,34,40,42). The number of likely N-dealkylation sites (tertiary alicyclic amines) is 1. The van der Waals surface area contributed by atoms with Gasteiger partial charge in [-0.1, -0.05) is 30.3 Å². The SMILES string of the molecule is Cn1c(=O)n(C2CCC(=O)NC2=O)c2ccc(N3CCN(C(=O)CN4CCC(NC(=O)OCc5ccccc5)CC4)CC3)cc21. The number of imidazole rings is 1. The van der Waals surface area contributed by atoms with E-state index in [1.54, 1.807) is 7.05 Å². The van der Waals surface area contributed by atoms with Crippen LogP contribution in [0.1, 0.15) is 37.3 Å². The molecule has 1 unspecified atom stereocenters. The van der Waals surface area contributed by atoms with Gasteiger partial charge >= 0.3 is 11.8 Å². The van der Waals surface area contributed by atoms with Crippen LogP contribution < -0.4 is 21.2 Å². The van der Waals surface area contributed by atoms with Gasteiger partial charge < -0.3 is 19.9 Å². The van der Waals surface area contributed by atoms with Crippen LogP contribution >= 0.6 is 0 Å². The van der Waals surface area contributed by atoms with Crippen molar-refractivity contribution >= 4 is 40.5 Å². The zero-order valence-corrected chi connectivity index (χ0v) is 25.4. The van der Waals surface area contributed by atoms with Gasteiger partial charge in [0.1, 0.15) is 12.6 Å². The lowest BCUT2D eigenvalue weighted by molar-refractivity contribution is -0.136. The molecule has 0 radical (unpaired) electrons. The van der Waals surface area contributed by atoms with Gasteiger partial charge in [0.2, 0.25) is 17.7 Å². The summed E-state index contributed by atoms with van der Waals surface area (Å²) in [5, 5.41) is 5.29. The summed E-state index contributed by atoms with van der Waals surface area (Å²) >= 11 is 0. The number of anilines is 1. The van der Waals surface area contributed by atoms with Gasteiger partial charge in [0, 0.05) is 64.5 Å².